The lowest BCUT2D eigenvalue weighted by molar-refractivity contribution is 0.0479. The standard InChI is InChI=1S/C14H18N4O4/c1-5-21-13(19)11-9(3)18(17-7-15-16-8-17)10(4)12(11)14(20)22-6-2/h7-8H,5-6H2,1-4H3. The molecule has 0 saturated carbocycles. The molecule has 0 aliphatic heterocycles. The largest absolute Gasteiger partial charge is 0.462 e. The van der Waals surface area contributed by atoms with Gasteiger partial charge in [0.15, 0.2) is 0 Å². The fourth-order valence-corrected chi connectivity index (χ4v) is 2.38. The Balaban J connectivity index is 2.67. The molecule has 0 unspecified atom stereocenters. The molecule has 0 radical (unpaired) electrons. The number of rotatable bonds is 5. The van der Waals surface area contributed by atoms with Gasteiger partial charge in [-0.2, -0.15) is 0 Å². The van der Waals surface area contributed by atoms with Crippen LogP contribution in [0.3, 0.4) is 0 Å². The molecule has 0 bridgehead atoms. The zero-order chi connectivity index (χ0) is 16.3. The average Bonchev–Trinajstić information content (AvgIpc) is 3.05. The third-order valence-electron chi connectivity index (χ3n) is 3.21. The summed E-state index contributed by atoms with van der Waals surface area (Å²) in [5, 5.41) is 7.48. The molecule has 118 valence electrons. The summed E-state index contributed by atoms with van der Waals surface area (Å²) >= 11 is 0. The monoisotopic (exact) mass is 306 g/mol. The van der Waals surface area contributed by atoms with Gasteiger partial charge in [0, 0.05) is 0 Å². The fraction of sp³-hybridized carbons (Fsp3) is 0.429. The molecule has 22 heavy (non-hydrogen) atoms. The number of aromatic nitrogens is 4. The van der Waals surface area contributed by atoms with Gasteiger partial charge in [0.1, 0.15) is 12.7 Å². The third kappa shape index (κ3) is 2.59. The maximum Gasteiger partial charge on any atom is 0.340 e. The number of esters is 2. The van der Waals surface area contributed by atoms with Crippen LogP contribution in [0.4, 0.5) is 0 Å². The normalized spacial score (nSPS) is 10.5. The van der Waals surface area contributed by atoms with Gasteiger partial charge in [0.05, 0.1) is 35.7 Å². The van der Waals surface area contributed by atoms with Crippen molar-refractivity contribution in [3.05, 3.63) is 35.2 Å². The molecule has 0 spiro atoms. The van der Waals surface area contributed by atoms with E-state index in [1.165, 1.54) is 12.7 Å². The predicted octanol–water partition coefficient (Wildman–Crippen LogP) is 1.36. The number of ether oxygens (including phenoxy) is 2. The highest BCUT2D eigenvalue weighted by Crippen LogP contribution is 2.24. The Morgan fingerprint density at radius 2 is 1.36 bits per heavy atom. The number of hydrogen-bond donors (Lipinski definition) is 0. The minimum Gasteiger partial charge on any atom is -0.462 e. The van der Waals surface area contributed by atoms with E-state index in [4.69, 9.17) is 9.47 Å². The van der Waals surface area contributed by atoms with Crippen LogP contribution >= 0.6 is 0 Å². The molecule has 0 N–H and O–H groups in total. The van der Waals surface area contributed by atoms with E-state index in [1.54, 1.807) is 37.0 Å². The zero-order valence-corrected chi connectivity index (χ0v) is 13.0. The second-order valence-corrected chi connectivity index (χ2v) is 4.52. The van der Waals surface area contributed by atoms with Crippen LogP contribution in [-0.4, -0.2) is 44.7 Å². The van der Waals surface area contributed by atoms with Crippen LogP contribution in [0.15, 0.2) is 12.7 Å². The second-order valence-electron chi connectivity index (χ2n) is 4.52. The summed E-state index contributed by atoms with van der Waals surface area (Å²) in [4.78, 5) is 24.5. The quantitative estimate of drug-likeness (QED) is 0.775. The van der Waals surface area contributed by atoms with E-state index in [9.17, 15) is 9.59 Å². The van der Waals surface area contributed by atoms with Crippen molar-refractivity contribution in [3.8, 4) is 0 Å². The molecule has 0 aliphatic carbocycles. The van der Waals surface area contributed by atoms with E-state index in [0.717, 1.165) is 0 Å². The van der Waals surface area contributed by atoms with Crippen molar-refractivity contribution in [2.24, 2.45) is 0 Å². The Kier molecular flexibility index (Phi) is 4.59. The average molecular weight is 306 g/mol. The van der Waals surface area contributed by atoms with Gasteiger partial charge in [-0.3, -0.25) is 4.68 Å². The van der Waals surface area contributed by atoms with Crippen molar-refractivity contribution in [3.63, 3.8) is 0 Å². The Hall–Kier alpha value is -2.64. The molecule has 2 aromatic rings. The van der Waals surface area contributed by atoms with Crippen LogP contribution in [0, 0.1) is 13.8 Å². The highest BCUT2D eigenvalue weighted by atomic mass is 16.5. The minimum atomic E-state index is -0.557. The van der Waals surface area contributed by atoms with Crippen molar-refractivity contribution in [1.29, 1.82) is 0 Å². The van der Waals surface area contributed by atoms with E-state index in [2.05, 4.69) is 10.2 Å². The van der Waals surface area contributed by atoms with Gasteiger partial charge in [-0.1, -0.05) is 0 Å². The van der Waals surface area contributed by atoms with Gasteiger partial charge >= 0.3 is 11.9 Å². The van der Waals surface area contributed by atoms with Crippen molar-refractivity contribution >= 4 is 11.9 Å². The molecule has 8 heteroatoms. The van der Waals surface area contributed by atoms with Crippen LogP contribution in [-0.2, 0) is 9.47 Å². The van der Waals surface area contributed by atoms with Crippen LogP contribution in [0.5, 0.6) is 0 Å². The molecule has 0 atom stereocenters. The van der Waals surface area contributed by atoms with Crippen LogP contribution in [0.2, 0.25) is 0 Å². The van der Waals surface area contributed by atoms with Gasteiger partial charge in [-0.15, -0.1) is 10.2 Å². The van der Waals surface area contributed by atoms with Gasteiger partial charge in [-0.05, 0) is 27.7 Å². The zero-order valence-electron chi connectivity index (χ0n) is 13.0. The van der Waals surface area contributed by atoms with Gasteiger partial charge in [-0.25, -0.2) is 14.3 Å². The molecule has 0 amide bonds. The first-order valence-corrected chi connectivity index (χ1v) is 6.94. The molecule has 0 aliphatic rings. The van der Waals surface area contributed by atoms with E-state index >= 15 is 0 Å². The van der Waals surface area contributed by atoms with Crippen molar-refractivity contribution < 1.29 is 19.1 Å². The minimum absolute atomic E-state index is 0.200. The van der Waals surface area contributed by atoms with E-state index in [1.807, 2.05) is 0 Å². The first kappa shape index (κ1) is 15.7. The number of carbonyl (C=O) groups excluding carboxylic acids is 2. The molecular formula is C14H18N4O4. The number of carbonyl (C=O) groups is 2. The number of nitrogens with zero attached hydrogens (tertiary/aromatic N) is 4. The van der Waals surface area contributed by atoms with E-state index < -0.39 is 11.9 Å². The predicted molar refractivity (Wildman–Crippen MR) is 76.6 cm³/mol. The molecule has 0 fully saturated rings. The molecule has 0 aromatic carbocycles. The van der Waals surface area contributed by atoms with Gasteiger partial charge in [0.2, 0.25) is 0 Å². The summed E-state index contributed by atoms with van der Waals surface area (Å²) in [6, 6.07) is 0. The Morgan fingerprint density at radius 3 is 1.73 bits per heavy atom. The van der Waals surface area contributed by atoms with Crippen molar-refractivity contribution in [2.75, 3.05) is 13.2 Å². The summed E-state index contributed by atoms with van der Waals surface area (Å²) in [6.45, 7) is 7.31. The van der Waals surface area contributed by atoms with Crippen LogP contribution < -0.4 is 0 Å². The Labute approximate surface area is 127 Å². The molecule has 8 nitrogen and oxygen atoms in total. The fourth-order valence-electron chi connectivity index (χ4n) is 2.38. The van der Waals surface area contributed by atoms with Crippen molar-refractivity contribution in [1.82, 2.24) is 19.5 Å². The lowest BCUT2D eigenvalue weighted by atomic mass is 10.1. The molecule has 2 heterocycles. The maximum absolute atomic E-state index is 12.2. The highest BCUT2D eigenvalue weighted by molar-refractivity contribution is 6.05. The Bertz CT molecular complexity index is 647. The van der Waals surface area contributed by atoms with Crippen LogP contribution in [0.1, 0.15) is 46.0 Å². The summed E-state index contributed by atoms with van der Waals surface area (Å²) in [5.41, 5.74) is 1.51. The highest BCUT2D eigenvalue weighted by Gasteiger charge is 2.30. The summed E-state index contributed by atoms with van der Waals surface area (Å²) in [6.07, 6.45) is 2.95. The van der Waals surface area contributed by atoms with Crippen LogP contribution in [0.25, 0.3) is 0 Å². The molecule has 2 aromatic heterocycles. The Morgan fingerprint density at radius 1 is 0.955 bits per heavy atom. The van der Waals surface area contributed by atoms with Gasteiger partial charge in [0.25, 0.3) is 0 Å². The molecule has 2 rings (SSSR count). The SMILES string of the molecule is CCOC(=O)c1c(C(=O)OCC)c(C)n(-n2cnnc2)c1C. The topological polar surface area (TPSA) is 88.2 Å². The first-order valence-electron chi connectivity index (χ1n) is 6.94. The summed E-state index contributed by atoms with van der Waals surface area (Å²) in [7, 11) is 0. The summed E-state index contributed by atoms with van der Waals surface area (Å²) < 4.78 is 13.4. The smallest absolute Gasteiger partial charge is 0.340 e. The van der Waals surface area contributed by atoms with E-state index in [0.29, 0.717) is 11.4 Å². The third-order valence-corrected chi connectivity index (χ3v) is 3.21. The maximum atomic E-state index is 12.2. The molecular weight excluding hydrogens is 288 g/mol. The van der Waals surface area contributed by atoms with Gasteiger partial charge < -0.3 is 9.47 Å². The second kappa shape index (κ2) is 6.42. The van der Waals surface area contributed by atoms with E-state index in [-0.39, 0.29) is 24.3 Å². The molecule has 0 saturated heterocycles. The lowest BCUT2D eigenvalue weighted by Gasteiger charge is -2.08. The lowest BCUT2D eigenvalue weighted by Crippen LogP contribution is -2.13. The van der Waals surface area contributed by atoms with Crippen molar-refractivity contribution in [2.45, 2.75) is 27.7 Å². The summed E-state index contributed by atoms with van der Waals surface area (Å²) in [5.74, 6) is -1.11. The number of hydrogen-bond acceptors (Lipinski definition) is 6. The first-order chi connectivity index (χ1) is 10.5.